The van der Waals surface area contributed by atoms with Crippen LogP contribution in [0.5, 0.6) is 0 Å². The average molecular weight is 533 g/mol. The van der Waals surface area contributed by atoms with E-state index in [-0.39, 0.29) is 16.6 Å². The van der Waals surface area contributed by atoms with Gasteiger partial charge in [-0.3, -0.25) is 18.8 Å². The Morgan fingerprint density at radius 2 is 1.22 bits per heavy atom. The molecule has 3 N–H and O–H groups in total. The van der Waals surface area contributed by atoms with Crippen molar-refractivity contribution >= 4 is 38.6 Å². The molecule has 0 heterocycles. The van der Waals surface area contributed by atoms with Crippen molar-refractivity contribution in [1.82, 2.24) is 10.2 Å². The van der Waals surface area contributed by atoms with Crippen LogP contribution in [0.4, 0.5) is 0 Å². The van der Waals surface area contributed by atoms with Gasteiger partial charge >= 0.3 is 0 Å². The number of amides is 1. The van der Waals surface area contributed by atoms with Crippen LogP contribution in [0.15, 0.2) is 0 Å². The van der Waals surface area contributed by atoms with Crippen LogP contribution < -0.4 is 5.32 Å². The molecule has 0 radical (unpaired) electrons. The molecule has 0 aromatic carbocycles. The predicted molar refractivity (Wildman–Crippen MR) is 137 cm³/mol. The lowest BCUT2D eigenvalue weighted by Crippen LogP contribution is -2.47. The van der Waals surface area contributed by atoms with Crippen LogP contribution in [-0.4, -0.2) is 75.6 Å². The zero-order valence-electron chi connectivity index (χ0n) is 21.5. The van der Waals surface area contributed by atoms with E-state index in [9.17, 15) is 23.7 Å². The topological polar surface area (TPSA) is 125 Å². The van der Waals surface area contributed by atoms with Gasteiger partial charge in [0.15, 0.2) is 22.2 Å². The second kappa shape index (κ2) is 12.7. The summed E-state index contributed by atoms with van der Waals surface area (Å²) in [5.41, 5.74) is -1.61. The van der Waals surface area contributed by atoms with Gasteiger partial charge in [0, 0.05) is 26.3 Å². The fraction of sp³-hybridized carbons (Fsp3) is 0.947. The van der Waals surface area contributed by atoms with Gasteiger partial charge in [0.05, 0.1) is 6.54 Å². The first-order valence-corrected chi connectivity index (χ1v) is 19.6. The van der Waals surface area contributed by atoms with Crippen LogP contribution in [-0.2, 0) is 22.8 Å². The van der Waals surface area contributed by atoms with Crippen molar-refractivity contribution in [2.75, 3.05) is 32.8 Å². The molecular weight excluding hydrogens is 486 g/mol. The molecule has 32 heavy (non-hydrogen) atoms. The number of nitrogens with one attached hydrogen (secondary N) is 1. The Balaban J connectivity index is 5.15. The van der Waals surface area contributed by atoms with Gasteiger partial charge < -0.3 is 24.0 Å². The summed E-state index contributed by atoms with van der Waals surface area (Å²) in [7, 11) is -10.6. The van der Waals surface area contributed by atoms with Crippen LogP contribution in [0.3, 0.4) is 0 Å². The first-order valence-electron chi connectivity index (χ1n) is 11.0. The lowest BCUT2D eigenvalue weighted by Gasteiger charge is -2.38. The number of nitrogens with zero attached hydrogens (tertiary/aromatic N) is 1. The Hall–Kier alpha value is 0.164. The minimum Gasteiger partial charge on any atom is -0.416 e. The van der Waals surface area contributed by atoms with Crippen molar-refractivity contribution in [3.63, 3.8) is 0 Å². The minimum absolute atomic E-state index is 0.0647. The normalized spacial score (nSPS) is 16.7. The zero-order valence-corrected chi connectivity index (χ0v) is 25.5. The Morgan fingerprint density at radius 1 is 0.875 bits per heavy atom. The van der Waals surface area contributed by atoms with Crippen LogP contribution in [0.25, 0.3) is 0 Å². The van der Waals surface area contributed by atoms with Crippen molar-refractivity contribution in [2.45, 2.75) is 83.3 Å². The third-order valence-corrected chi connectivity index (χ3v) is 18.4. The highest BCUT2D eigenvalue weighted by molar-refractivity contribution is 7.57. The van der Waals surface area contributed by atoms with E-state index in [1.54, 1.807) is 0 Å². The first kappa shape index (κ1) is 32.2. The van der Waals surface area contributed by atoms with E-state index < -0.39 is 44.1 Å². The van der Waals surface area contributed by atoms with Gasteiger partial charge in [-0.15, -0.1) is 0 Å². The molecule has 0 aliphatic rings. The highest BCUT2D eigenvalue weighted by atomic mass is 31.2. The highest BCUT2D eigenvalue weighted by Gasteiger charge is 2.38. The number of carbonyl (C=O) groups excluding carboxylic acids is 1. The summed E-state index contributed by atoms with van der Waals surface area (Å²) in [5, 5.41) is 2.36. The number of hydrogen-bond acceptors (Lipinski definition) is 6. The summed E-state index contributed by atoms with van der Waals surface area (Å²) >= 11 is 0. The molecule has 0 spiro atoms. The molecule has 9 nitrogen and oxygen atoms in total. The molecule has 0 saturated carbocycles. The summed E-state index contributed by atoms with van der Waals surface area (Å²) in [6, 6.07) is 0. The molecule has 0 bridgehead atoms. The van der Waals surface area contributed by atoms with E-state index in [1.807, 2.05) is 4.90 Å². The third-order valence-electron chi connectivity index (χ3n) is 6.52. The maximum atomic E-state index is 12.4. The van der Waals surface area contributed by atoms with Gasteiger partial charge in [0.25, 0.3) is 0 Å². The van der Waals surface area contributed by atoms with Gasteiger partial charge in [-0.2, -0.15) is 0 Å². The van der Waals surface area contributed by atoms with Crippen molar-refractivity contribution in [3.05, 3.63) is 0 Å². The second-order valence-electron chi connectivity index (χ2n) is 11.2. The van der Waals surface area contributed by atoms with Crippen molar-refractivity contribution in [3.8, 4) is 0 Å². The summed E-state index contributed by atoms with van der Waals surface area (Å²) in [6.45, 7) is 23.4. The fourth-order valence-corrected chi connectivity index (χ4v) is 5.68. The van der Waals surface area contributed by atoms with Crippen LogP contribution in [0.2, 0.25) is 36.3 Å². The molecule has 0 fully saturated rings. The zero-order chi connectivity index (χ0) is 25.5. The van der Waals surface area contributed by atoms with Gasteiger partial charge in [-0.05, 0) is 36.3 Å². The Labute approximate surface area is 197 Å². The highest BCUT2D eigenvalue weighted by Crippen LogP contribution is 2.38. The first-order chi connectivity index (χ1) is 14.2. The number of rotatable bonds is 13. The van der Waals surface area contributed by atoms with Gasteiger partial charge in [-0.1, -0.05) is 41.5 Å². The average Bonchev–Trinajstić information content (AvgIpc) is 2.56. The van der Waals surface area contributed by atoms with Crippen LogP contribution in [0.1, 0.15) is 41.5 Å². The van der Waals surface area contributed by atoms with E-state index in [2.05, 4.69) is 73.0 Å². The quantitative estimate of drug-likeness (QED) is 0.242. The molecule has 1 amide bonds. The maximum Gasteiger partial charge on any atom is 0.235 e. The van der Waals surface area contributed by atoms with Crippen LogP contribution >= 0.6 is 16.1 Å². The van der Waals surface area contributed by atoms with Crippen molar-refractivity contribution in [2.24, 2.45) is 0 Å². The molecule has 192 valence electrons. The molecule has 0 rings (SSSR count). The Kier molecular flexibility index (Phi) is 12.8. The minimum atomic E-state index is -3.36. The third kappa shape index (κ3) is 11.1. The predicted octanol–water partition coefficient (Wildman–Crippen LogP) is 3.67. The molecule has 0 aromatic heterocycles. The SMILES string of the molecule is CC(C)(C)[Si](C)(C)OCCN(CCO[Si](C)(C)C(C)(C)C)CC(=O)NC([PH](=O)O)[PH](=O)O. The molecule has 0 aliphatic heterocycles. The molecular formula is C19H46N2O7P2Si2. The largest absolute Gasteiger partial charge is 0.416 e. The smallest absolute Gasteiger partial charge is 0.235 e. The maximum absolute atomic E-state index is 12.4. The summed E-state index contributed by atoms with van der Waals surface area (Å²) in [6.07, 6.45) is 0. The number of carbonyl (C=O) groups is 1. The van der Waals surface area contributed by atoms with E-state index in [4.69, 9.17) is 8.85 Å². The lowest BCUT2D eigenvalue weighted by atomic mass is 10.2. The fourth-order valence-electron chi connectivity index (χ4n) is 2.20. The van der Waals surface area contributed by atoms with Crippen LogP contribution in [0, 0.1) is 0 Å². The number of hydrogen-bond donors (Lipinski definition) is 3. The van der Waals surface area contributed by atoms with Gasteiger partial charge in [0.1, 0.15) is 0 Å². The molecule has 2 atom stereocenters. The standard InChI is InChI=1S/C19H46N2O7P2Si2/c1-18(2,3)31(7,8)27-13-11-21(12-14-28-32(9,10)19(4,5)6)15-16(22)20-17(29(23)24)30(25)26/h17,29-30H,11-15H2,1-10H3,(H,20,22)(H,23,24)(H,25,26). The van der Waals surface area contributed by atoms with Crippen molar-refractivity contribution < 1.29 is 32.6 Å². The van der Waals surface area contributed by atoms with Gasteiger partial charge in [-0.25, -0.2) is 0 Å². The lowest BCUT2D eigenvalue weighted by molar-refractivity contribution is -0.122. The monoisotopic (exact) mass is 532 g/mol. The van der Waals surface area contributed by atoms with Gasteiger partial charge in [0.2, 0.25) is 22.0 Å². The van der Waals surface area contributed by atoms with E-state index in [0.29, 0.717) is 26.3 Å². The van der Waals surface area contributed by atoms with E-state index in [1.165, 1.54) is 0 Å². The summed E-state index contributed by atoms with van der Waals surface area (Å²) in [4.78, 5) is 32.7. The molecule has 13 heteroatoms. The molecule has 0 aromatic rings. The Morgan fingerprint density at radius 3 is 1.50 bits per heavy atom. The Bertz CT molecular complexity index is 619. The summed E-state index contributed by atoms with van der Waals surface area (Å²) in [5.74, 6) is -0.575. The van der Waals surface area contributed by atoms with E-state index in [0.717, 1.165) is 0 Å². The summed E-state index contributed by atoms with van der Waals surface area (Å²) < 4.78 is 35.1. The second-order valence-corrected chi connectivity index (χ2v) is 23.9. The van der Waals surface area contributed by atoms with E-state index >= 15 is 0 Å². The molecule has 0 saturated heterocycles. The molecule has 0 aliphatic carbocycles. The van der Waals surface area contributed by atoms with Crippen molar-refractivity contribution in [1.29, 1.82) is 0 Å². The molecule has 2 unspecified atom stereocenters.